The highest BCUT2D eigenvalue weighted by Gasteiger charge is 2.29. The van der Waals surface area contributed by atoms with E-state index in [4.69, 9.17) is 10.5 Å². The average Bonchev–Trinajstić information content (AvgIpc) is 2.87. The number of rotatable bonds is 7. The standard InChI is InChI=1S/C18H25FN2O2S/c1-11(2)8-18(3,10-20)21-17(22)16-12(9-23-4)15-13(19)6-5-7-14(15)24-16/h5-7,11H,8-10,20H2,1-4H3,(H,21,22). The second-order valence-electron chi connectivity index (χ2n) is 6.77. The number of benzene rings is 1. The zero-order valence-corrected chi connectivity index (χ0v) is 15.4. The molecule has 0 aliphatic rings. The van der Waals surface area contributed by atoms with Gasteiger partial charge in [-0.1, -0.05) is 19.9 Å². The second-order valence-corrected chi connectivity index (χ2v) is 7.82. The van der Waals surface area contributed by atoms with Crippen LogP contribution in [0.2, 0.25) is 0 Å². The fourth-order valence-corrected chi connectivity index (χ4v) is 4.17. The van der Waals surface area contributed by atoms with E-state index in [1.165, 1.54) is 24.5 Å². The van der Waals surface area contributed by atoms with Crippen LogP contribution in [0.1, 0.15) is 42.4 Å². The van der Waals surface area contributed by atoms with E-state index in [1.807, 2.05) is 13.0 Å². The van der Waals surface area contributed by atoms with Gasteiger partial charge in [-0.3, -0.25) is 4.79 Å². The van der Waals surface area contributed by atoms with Gasteiger partial charge in [0.15, 0.2) is 0 Å². The summed E-state index contributed by atoms with van der Waals surface area (Å²) in [7, 11) is 1.54. The minimum atomic E-state index is -0.496. The lowest BCUT2D eigenvalue weighted by atomic mass is 9.90. The normalized spacial score (nSPS) is 14.1. The molecule has 0 saturated heterocycles. The molecule has 1 unspecified atom stereocenters. The van der Waals surface area contributed by atoms with Crippen molar-refractivity contribution >= 4 is 27.3 Å². The van der Waals surface area contributed by atoms with Crippen LogP contribution in [0.5, 0.6) is 0 Å². The maximum atomic E-state index is 14.2. The van der Waals surface area contributed by atoms with Gasteiger partial charge in [-0.15, -0.1) is 11.3 Å². The molecule has 0 aliphatic carbocycles. The van der Waals surface area contributed by atoms with Gasteiger partial charge < -0.3 is 15.8 Å². The number of nitrogens with two attached hydrogens (primary N) is 1. The van der Waals surface area contributed by atoms with Gasteiger partial charge in [0.05, 0.1) is 17.0 Å². The van der Waals surface area contributed by atoms with E-state index in [2.05, 4.69) is 19.2 Å². The van der Waals surface area contributed by atoms with Crippen LogP contribution in [0.3, 0.4) is 0 Å². The van der Waals surface area contributed by atoms with E-state index >= 15 is 0 Å². The molecule has 2 aromatic rings. The Hall–Kier alpha value is -1.50. The van der Waals surface area contributed by atoms with Crippen LogP contribution in [0.25, 0.3) is 10.1 Å². The molecule has 1 atom stereocenters. The largest absolute Gasteiger partial charge is 0.380 e. The molecule has 132 valence electrons. The Bertz CT molecular complexity index is 729. The summed E-state index contributed by atoms with van der Waals surface area (Å²) in [6.45, 7) is 6.65. The molecule has 3 N–H and O–H groups in total. The van der Waals surface area contributed by atoms with E-state index in [1.54, 1.807) is 6.07 Å². The fraction of sp³-hybridized carbons (Fsp3) is 0.500. The number of hydrogen-bond acceptors (Lipinski definition) is 4. The number of halogens is 1. The van der Waals surface area contributed by atoms with E-state index in [9.17, 15) is 9.18 Å². The van der Waals surface area contributed by atoms with E-state index in [0.717, 1.165) is 11.1 Å². The van der Waals surface area contributed by atoms with Gasteiger partial charge in [0.1, 0.15) is 5.82 Å². The minimum Gasteiger partial charge on any atom is -0.380 e. The minimum absolute atomic E-state index is 0.188. The molecule has 2 rings (SSSR count). The van der Waals surface area contributed by atoms with E-state index < -0.39 is 5.54 Å². The van der Waals surface area contributed by atoms with Crippen LogP contribution in [0, 0.1) is 11.7 Å². The smallest absolute Gasteiger partial charge is 0.262 e. The molecule has 1 aromatic carbocycles. The maximum Gasteiger partial charge on any atom is 0.262 e. The topological polar surface area (TPSA) is 64.3 Å². The number of carbonyl (C=O) groups excluding carboxylic acids is 1. The fourth-order valence-electron chi connectivity index (χ4n) is 3.05. The monoisotopic (exact) mass is 352 g/mol. The molecular weight excluding hydrogens is 327 g/mol. The van der Waals surface area contributed by atoms with Crippen LogP contribution in [-0.2, 0) is 11.3 Å². The van der Waals surface area contributed by atoms with Gasteiger partial charge in [0, 0.05) is 29.3 Å². The van der Waals surface area contributed by atoms with Crippen LogP contribution in [0.4, 0.5) is 4.39 Å². The van der Waals surface area contributed by atoms with Crippen molar-refractivity contribution in [2.24, 2.45) is 11.7 Å². The Balaban J connectivity index is 2.42. The van der Waals surface area contributed by atoms with Gasteiger partial charge in [-0.25, -0.2) is 4.39 Å². The number of thiophene rings is 1. The molecule has 24 heavy (non-hydrogen) atoms. The third kappa shape index (κ3) is 3.94. The van der Waals surface area contributed by atoms with Crippen molar-refractivity contribution in [1.29, 1.82) is 0 Å². The first-order valence-corrected chi connectivity index (χ1v) is 8.84. The predicted octanol–water partition coefficient (Wildman–Crippen LogP) is 3.68. The van der Waals surface area contributed by atoms with Gasteiger partial charge >= 0.3 is 0 Å². The summed E-state index contributed by atoms with van der Waals surface area (Å²) in [4.78, 5) is 13.3. The Morgan fingerprint density at radius 3 is 2.75 bits per heavy atom. The Kier molecular flexibility index (Phi) is 5.96. The van der Waals surface area contributed by atoms with Gasteiger partial charge in [-0.05, 0) is 31.4 Å². The zero-order valence-electron chi connectivity index (χ0n) is 14.6. The Morgan fingerprint density at radius 1 is 1.46 bits per heavy atom. The summed E-state index contributed by atoms with van der Waals surface area (Å²) in [6.07, 6.45) is 0.772. The average molecular weight is 352 g/mol. The number of amides is 1. The quantitative estimate of drug-likeness (QED) is 0.799. The maximum absolute atomic E-state index is 14.2. The molecule has 6 heteroatoms. The number of ether oxygens (including phenoxy) is 1. The van der Waals surface area contributed by atoms with Crippen LogP contribution in [-0.4, -0.2) is 25.1 Å². The first-order valence-electron chi connectivity index (χ1n) is 8.02. The van der Waals surface area contributed by atoms with Crippen molar-refractivity contribution in [3.8, 4) is 0 Å². The third-order valence-corrected chi connectivity index (χ3v) is 5.18. The van der Waals surface area contributed by atoms with Crippen molar-refractivity contribution < 1.29 is 13.9 Å². The van der Waals surface area contributed by atoms with Gasteiger partial charge in [0.2, 0.25) is 0 Å². The van der Waals surface area contributed by atoms with Crippen LogP contribution < -0.4 is 11.1 Å². The molecule has 1 heterocycles. The summed E-state index contributed by atoms with van der Waals surface area (Å²) in [5.41, 5.74) is 5.98. The number of hydrogen-bond donors (Lipinski definition) is 2. The third-order valence-electron chi connectivity index (χ3n) is 3.98. The molecule has 1 aromatic heterocycles. The summed E-state index contributed by atoms with van der Waals surface area (Å²) in [5.74, 6) is -0.160. The SMILES string of the molecule is COCc1c(C(=O)NC(C)(CN)CC(C)C)sc2cccc(F)c12. The van der Waals surface area contributed by atoms with Gasteiger partial charge in [0.25, 0.3) is 5.91 Å². The summed E-state index contributed by atoms with van der Waals surface area (Å²) in [5, 5.41) is 3.50. The van der Waals surface area contributed by atoms with E-state index in [0.29, 0.717) is 28.3 Å². The lowest BCUT2D eigenvalue weighted by molar-refractivity contribution is 0.0898. The zero-order chi connectivity index (χ0) is 17.9. The molecule has 0 spiro atoms. The Labute approximate surface area is 146 Å². The van der Waals surface area contributed by atoms with Crippen LogP contribution in [0.15, 0.2) is 18.2 Å². The van der Waals surface area contributed by atoms with Gasteiger partial charge in [-0.2, -0.15) is 0 Å². The predicted molar refractivity (Wildman–Crippen MR) is 96.9 cm³/mol. The molecule has 0 radical (unpaired) electrons. The summed E-state index contributed by atoms with van der Waals surface area (Å²) in [6, 6.07) is 4.86. The van der Waals surface area contributed by atoms with Crippen molar-refractivity contribution in [2.45, 2.75) is 39.3 Å². The van der Waals surface area contributed by atoms with Crippen molar-refractivity contribution in [3.63, 3.8) is 0 Å². The van der Waals surface area contributed by atoms with E-state index in [-0.39, 0.29) is 18.3 Å². The highest BCUT2D eigenvalue weighted by atomic mass is 32.1. The number of carbonyl (C=O) groups is 1. The molecule has 0 saturated carbocycles. The molecule has 0 aliphatic heterocycles. The summed E-state index contributed by atoms with van der Waals surface area (Å²) < 4.78 is 20.2. The van der Waals surface area contributed by atoms with Crippen molar-refractivity contribution in [1.82, 2.24) is 5.32 Å². The molecule has 0 fully saturated rings. The summed E-state index contributed by atoms with van der Waals surface area (Å²) >= 11 is 1.28. The second kappa shape index (κ2) is 7.59. The molecule has 1 amide bonds. The number of fused-ring (bicyclic) bond motifs is 1. The Morgan fingerprint density at radius 2 is 2.17 bits per heavy atom. The van der Waals surface area contributed by atoms with Crippen LogP contribution >= 0.6 is 11.3 Å². The highest BCUT2D eigenvalue weighted by Crippen LogP contribution is 2.34. The number of nitrogens with one attached hydrogen (secondary N) is 1. The first kappa shape index (κ1) is 18.8. The van der Waals surface area contributed by atoms with Crippen molar-refractivity contribution in [2.75, 3.05) is 13.7 Å². The lowest BCUT2D eigenvalue weighted by Crippen LogP contribution is -2.52. The highest BCUT2D eigenvalue weighted by molar-refractivity contribution is 7.21. The molecule has 0 bridgehead atoms. The molecular formula is C18H25FN2O2S. The number of methoxy groups -OCH3 is 1. The molecule has 4 nitrogen and oxygen atoms in total. The van der Waals surface area contributed by atoms with Crippen molar-refractivity contribution in [3.05, 3.63) is 34.5 Å². The lowest BCUT2D eigenvalue weighted by Gasteiger charge is -2.31. The first-order chi connectivity index (χ1) is 11.3.